The molecule has 1 fully saturated rings. The number of hydrogen-bond acceptors (Lipinski definition) is 5. The Morgan fingerprint density at radius 1 is 1.38 bits per heavy atom. The van der Waals surface area contributed by atoms with Gasteiger partial charge in [0.2, 0.25) is 5.95 Å². The Labute approximate surface area is 95.5 Å². The fourth-order valence-corrected chi connectivity index (χ4v) is 1.92. The van der Waals surface area contributed by atoms with Crippen molar-refractivity contribution in [2.75, 3.05) is 18.9 Å². The van der Waals surface area contributed by atoms with Gasteiger partial charge in [0.05, 0.1) is 6.61 Å². The lowest BCUT2D eigenvalue weighted by molar-refractivity contribution is 0.0779. The summed E-state index contributed by atoms with van der Waals surface area (Å²) in [7, 11) is 0. The molecule has 1 unspecified atom stereocenters. The zero-order valence-electron chi connectivity index (χ0n) is 9.65. The van der Waals surface area contributed by atoms with E-state index < -0.39 is 0 Å². The highest BCUT2D eigenvalue weighted by molar-refractivity contribution is 5.17. The molecule has 1 aliphatic heterocycles. The molecule has 16 heavy (non-hydrogen) atoms. The number of nitrogens with zero attached hydrogens (tertiary/aromatic N) is 3. The molecule has 0 saturated carbocycles. The van der Waals surface area contributed by atoms with Crippen LogP contribution in [0, 0.1) is 0 Å². The molecule has 1 aliphatic rings. The maximum Gasteiger partial charge on any atom is 0.223 e. The summed E-state index contributed by atoms with van der Waals surface area (Å²) in [5.41, 5.74) is 5.69. The molecule has 0 bridgehead atoms. The molecule has 0 radical (unpaired) electrons. The summed E-state index contributed by atoms with van der Waals surface area (Å²) in [6.45, 7) is 3.65. The lowest BCUT2D eigenvalue weighted by atomic mass is 10.0. The number of ether oxygens (including phenoxy) is 1. The molecule has 88 valence electrons. The minimum absolute atomic E-state index is 0.287. The van der Waals surface area contributed by atoms with Crippen molar-refractivity contribution >= 4 is 5.95 Å². The van der Waals surface area contributed by atoms with Crippen LogP contribution < -0.4 is 5.73 Å². The predicted octanol–water partition coefficient (Wildman–Crippen LogP) is 1.30. The first-order valence-corrected chi connectivity index (χ1v) is 5.87. The van der Waals surface area contributed by atoms with Gasteiger partial charge in [-0.1, -0.05) is 6.92 Å². The molecule has 1 atom stereocenters. The van der Waals surface area contributed by atoms with E-state index in [0.29, 0.717) is 12.6 Å². The summed E-state index contributed by atoms with van der Waals surface area (Å²) in [6, 6.07) is 0. The van der Waals surface area contributed by atoms with Crippen molar-refractivity contribution in [3.05, 3.63) is 11.6 Å². The van der Waals surface area contributed by atoms with Crippen molar-refractivity contribution in [1.82, 2.24) is 15.0 Å². The van der Waals surface area contributed by atoms with E-state index in [9.17, 15) is 0 Å². The third-order valence-corrected chi connectivity index (χ3v) is 2.72. The largest absolute Gasteiger partial charge is 0.381 e. The van der Waals surface area contributed by atoms with Crippen molar-refractivity contribution in [2.24, 2.45) is 0 Å². The first-order chi connectivity index (χ1) is 7.79. The lowest BCUT2D eigenvalue weighted by Crippen LogP contribution is -2.19. The minimum Gasteiger partial charge on any atom is -0.381 e. The molecule has 2 rings (SSSR count). The summed E-state index contributed by atoms with van der Waals surface area (Å²) < 4.78 is 5.43. The highest BCUT2D eigenvalue weighted by atomic mass is 16.5. The molecule has 0 aliphatic carbocycles. The summed E-state index contributed by atoms with van der Waals surface area (Å²) in [4.78, 5) is 12.8. The van der Waals surface area contributed by atoms with E-state index in [0.717, 1.165) is 43.9 Å². The summed E-state index contributed by atoms with van der Waals surface area (Å²) in [6.07, 6.45) is 4.02. The molecule has 5 heteroatoms. The van der Waals surface area contributed by atoms with E-state index in [4.69, 9.17) is 10.5 Å². The van der Waals surface area contributed by atoms with E-state index in [2.05, 4.69) is 21.9 Å². The van der Waals surface area contributed by atoms with Crippen molar-refractivity contribution < 1.29 is 4.74 Å². The van der Waals surface area contributed by atoms with Gasteiger partial charge >= 0.3 is 0 Å². The Morgan fingerprint density at radius 3 is 2.94 bits per heavy atom. The van der Waals surface area contributed by atoms with Crippen LogP contribution in [0.3, 0.4) is 0 Å². The number of nitrogens with two attached hydrogens (primary N) is 1. The highest BCUT2D eigenvalue weighted by Crippen LogP contribution is 2.22. The predicted molar refractivity (Wildman–Crippen MR) is 61.0 cm³/mol. The molecule has 0 amide bonds. The van der Waals surface area contributed by atoms with Gasteiger partial charge < -0.3 is 10.5 Å². The maximum atomic E-state index is 5.69. The van der Waals surface area contributed by atoms with Gasteiger partial charge in [-0.3, -0.25) is 0 Å². The van der Waals surface area contributed by atoms with Crippen LogP contribution in [0.2, 0.25) is 0 Å². The Morgan fingerprint density at radius 2 is 2.25 bits per heavy atom. The van der Waals surface area contributed by atoms with Crippen LogP contribution >= 0.6 is 0 Å². The van der Waals surface area contributed by atoms with Gasteiger partial charge in [-0.05, 0) is 19.3 Å². The third kappa shape index (κ3) is 2.66. The van der Waals surface area contributed by atoms with Crippen LogP contribution in [-0.2, 0) is 11.2 Å². The normalized spacial score (nSPS) is 20.9. The summed E-state index contributed by atoms with van der Waals surface area (Å²) in [5.74, 6) is 2.22. The first kappa shape index (κ1) is 11.3. The minimum atomic E-state index is 0.287. The van der Waals surface area contributed by atoms with E-state index in [1.54, 1.807) is 0 Å². The summed E-state index contributed by atoms with van der Waals surface area (Å²) in [5, 5.41) is 0. The Hall–Kier alpha value is -1.23. The first-order valence-electron chi connectivity index (χ1n) is 5.87. The molecule has 1 aromatic rings. The van der Waals surface area contributed by atoms with Gasteiger partial charge in [-0.15, -0.1) is 0 Å². The van der Waals surface area contributed by atoms with Crippen LogP contribution in [0.25, 0.3) is 0 Å². The SMILES string of the molecule is CCCc1nc(N)nc(C2CCCOC2)n1. The average molecular weight is 222 g/mol. The second-order valence-corrected chi connectivity index (χ2v) is 4.13. The van der Waals surface area contributed by atoms with Gasteiger partial charge in [0.25, 0.3) is 0 Å². The molecule has 1 aromatic heterocycles. The monoisotopic (exact) mass is 222 g/mol. The van der Waals surface area contributed by atoms with Gasteiger partial charge in [-0.2, -0.15) is 9.97 Å². The Bertz CT molecular complexity index is 350. The average Bonchev–Trinajstić information content (AvgIpc) is 2.30. The Balaban J connectivity index is 2.18. The fraction of sp³-hybridized carbons (Fsp3) is 0.727. The van der Waals surface area contributed by atoms with E-state index in [-0.39, 0.29) is 5.92 Å². The van der Waals surface area contributed by atoms with Crippen molar-refractivity contribution in [1.29, 1.82) is 0 Å². The number of nitrogen functional groups attached to an aromatic ring is 1. The lowest BCUT2D eigenvalue weighted by Gasteiger charge is -2.20. The van der Waals surface area contributed by atoms with Gasteiger partial charge in [0.15, 0.2) is 0 Å². The zero-order chi connectivity index (χ0) is 11.4. The van der Waals surface area contributed by atoms with E-state index >= 15 is 0 Å². The van der Waals surface area contributed by atoms with Crippen LogP contribution in [0.5, 0.6) is 0 Å². The Kier molecular flexibility index (Phi) is 3.66. The van der Waals surface area contributed by atoms with Crippen LogP contribution in [0.1, 0.15) is 43.8 Å². The number of aromatic nitrogens is 3. The smallest absolute Gasteiger partial charge is 0.223 e. The third-order valence-electron chi connectivity index (χ3n) is 2.72. The standard InChI is InChI=1S/C11H18N4O/c1-2-4-9-13-10(15-11(12)14-9)8-5-3-6-16-7-8/h8H,2-7H2,1H3,(H2,12,13,14,15). The molecule has 0 aromatic carbocycles. The van der Waals surface area contributed by atoms with E-state index in [1.807, 2.05) is 0 Å². The molecule has 1 saturated heterocycles. The highest BCUT2D eigenvalue weighted by Gasteiger charge is 2.19. The number of anilines is 1. The van der Waals surface area contributed by atoms with Crippen molar-refractivity contribution in [3.63, 3.8) is 0 Å². The number of aryl methyl sites for hydroxylation is 1. The maximum absolute atomic E-state index is 5.69. The summed E-state index contributed by atoms with van der Waals surface area (Å²) >= 11 is 0. The second kappa shape index (κ2) is 5.21. The second-order valence-electron chi connectivity index (χ2n) is 4.13. The van der Waals surface area contributed by atoms with Crippen LogP contribution in [0.4, 0.5) is 5.95 Å². The van der Waals surface area contributed by atoms with Gasteiger partial charge in [-0.25, -0.2) is 4.98 Å². The fourth-order valence-electron chi connectivity index (χ4n) is 1.92. The molecule has 2 N–H and O–H groups in total. The van der Waals surface area contributed by atoms with Crippen LogP contribution in [-0.4, -0.2) is 28.2 Å². The van der Waals surface area contributed by atoms with Gasteiger partial charge in [0.1, 0.15) is 11.6 Å². The van der Waals surface area contributed by atoms with Crippen molar-refractivity contribution in [2.45, 2.75) is 38.5 Å². The van der Waals surface area contributed by atoms with Gasteiger partial charge in [0, 0.05) is 18.9 Å². The van der Waals surface area contributed by atoms with E-state index in [1.165, 1.54) is 0 Å². The van der Waals surface area contributed by atoms with Crippen LogP contribution in [0.15, 0.2) is 0 Å². The quantitative estimate of drug-likeness (QED) is 0.834. The molecule has 2 heterocycles. The molecule has 5 nitrogen and oxygen atoms in total. The van der Waals surface area contributed by atoms with Crippen molar-refractivity contribution in [3.8, 4) is 0 Å². The molecule has 0 spiro atoms. The molecular formula is C11H18N4O. The molecular weight excluding hydrogens is 204 g/mol. The zero-order valence-corrected chi connectivity index (χ0v) is 9.65. The number of rotatable bonds is 3. The number of hydrogen-bond donors (Lipinski definition) is 1. The topological polar surface area (TPSA) is 73.9 Å².